The minimum absolute atomic E-state index is 0. The molecule has 3 N–H and O–H groups in total. The van der Waals surface area contributed by atoms with E-state index < -0.39 is 0 Å². The van der Waals surface area contributed by atoms with Gasteiger partial charge in [0, 0.05) is 6.54 Å². The Hall–Kier alpha value is -1.59. The number of aromatic amines is 1. The first-order valence-corrected chi connectivity index (χ1v) is 5.68. The second-order valence-corrected chi connectivity index (χ2v) is 4.38. The fraction of sp³-hybridized carbons (Fsp3) is 0.333. The predicted octanol–water partition coefficient (Wildman–Crippen LogP) is 0.558. The zero-order valence-electron chi connectivity index (χ0n) is 9.68. The summed E-state index contributed by atoms with van der Waals surface area (Å²) in [6.45, 7) is 1.16. The maximum Gasteiger partial charge on any atom is 0.328 e. The Balaban J connectivity index is 0.00000120. The Kier molecular flexibility index (Phi) is 3.28. The van der Waals surface area contributed by atoms with E-state index in [0.717, 1.165) is 17.5 Å². The Morgan fingerprint density at radius 1 is 1.39 bits per heavy atom. The number of rotatable bonds is 1. The van der Waals surface area contributed by atoms with Crippen LogP contribution >= 0.6 is 12.4 Å². The summed E-state index contributed by atoms with van der Waals surface area (Å²) in [6.07, 6.45) is 0.842. The Bertz CT molecular complexity index is 705. The SMILES string of the molecule is Cl.NCC1CCn2c(=O)[nH]c(=O)c3cccc1c32. The van der Waals surface area contributed by atoms with Gasteiger partial charge in [-0.1, -0.05) is 12.1 Å². The van der Waals surface area contributed by atoms with Crippen LogP contribution in [0.4, 0.5) is 0 Å². The monoisotopic (exact) mass is 267 g/mol. The minimum Gasteiger partial charge on any atom is -0.330 e. The van der Waals surface area contributed by atoms with Crippen molar-refractivity contribution in [3.05, 3.63) is 44.6 Å². The molecule has 0 fully saturated rings. The predicted molar refractivity (Wildman–Crippen MR) is 72.5 cm³/mol. The van der Waals surface area contributed by atoms with E-state index in [1.807, 2.05) is 12.1 Å². The number of aryl methyl sites for hydroxylation is 1. The molecule has 0 saturated heterocycles. The molecule has 5 nitrogen and oxygen atoms in total. The fourth-order valence-electron chi connectivity index (χ4n) is 2.61. The van der Waals surface area contributed by atoms with Crippen molar-refractivity contribution in [1.29, 1.82) is 0 Å². The molecule has 2 heterocycles. The van der Waals surface area contributed by atoms with Gasteiger partial charge in [0.25, 0.3) is 5.56 Å². The topological polar surface area (TPSA) is 80.9 Å². The molecular formula is C12H14ClN3O2. The number of benzene rings is 1. The summed E-state index contributed by atoms with van der Waals surface area (Å²) in [5, 5.41) is 0.570. The van der Waals surface area contributed by atoms with E-state index in [-0.39, 0.29) is 29.6 Å². The number of nitrogens with zero attached hydrogens (tertiary/aromatic N) is 1. The first-order chi connectivity index (χ1) is 8.22. The summed E-state index contributed by atoms with van der Waals surface area (Å²) in [4.78, 5) is 25.8. The number of para-hydroxylation sites is 1. The van der Waals surface area contributed by atoms with Crippen molar-refractivity contribution in [3.8, 4) is 0 Å². The summed E-state index contributed by atoms with van der Waals surface area (Å²) >= 11 is 0. The fourth-order valence-corrected chi connectivity index (χ4v) is 2.61. The lowest BCUT2D eigenvalue weighted by Gasteiger charge is -2.25. The van der Waals surface area contributed by atoms with Crippen molar-refractivity contribution in [1.82, 2.24) is 9.55 Å². The van der Waals surface area contributed by atoms with E-state index in [1.54, 1.807) is 10.6 Å². The van der Waals surface area contributed by atoms with Crippen LogP contribution in [0.5, 0.6) is 0 Å². The molecule has 0 saturated carbocycles. The molecule has 2 aromatic rings. The second kappa shape index (κ2) is 4.59. The van der Waals surface area contributed by atoms with Crippen LogP contribution in [0.1, 0.15) is 17.9 Å². The maximum absolute atomic E-state index is 11.7. The maximum atomic E-state index is 11.7. The Morgan fingerprint density at radius 3 is 2.89 bits per heavy atom. The van der Waals surface area contributed by atoms with Crippen LogP contribution in [0.3, 0.4) is 0 Å². The highest BCUT2D eigenvalue weighted by atomic mass is 35.5. The smallest absolute Gasteiger partial charge is 0.328 e. The van der Waals surface area contributed by atoms with Gasteiger partial charge in [0.1, 0.15) is 0 Å². The molecule has 0 aliphatic carbocycles. The van der Waals surface area contributed by atoms with Crippen LogP contribution in [0.15, 0.2) is 27.8 Å². The van der Waals surface area contributed by atoms with Gasteiger partial charge >= 0.3 is 5.69 Å². The molecule has 1 atom stereocenters. The minimum atomic E-state index is -0.328. The van der Waals surface area contributed by atoms with Gasteiger partial charge in [0.05, 0.1) is 10.9 Å². The molecule has 0 spiro atoms. The highest BCUT2D eigenvalue weighted by molar-refractivity contribution is 5.85. The summed E-state index contributed by atoms with van der Waals surface area (Å²) in [6, 6.07) is 5.54. The third-order valence-corrected chi connectivity index (χ3v) is 3.47. The quantitative estimate of drug-likeness (QED) is 0.792. The third kappa shape index (κ3) is 1.67. The molecule has 6 heteroatoms. The first-order valence-electron chi connectivity index (χ1n) is 5.68. The van der Waals surface area contributed by atoms with Crippen molar-refractivity contribution < 1.29 is 0 Å². The second-order valence-electron chi connectivity index (χ2n) is 4.38. The van der Waals surface area contributed by atoms with Crippen LogP contribution in [0, 0.1) is 0 Å². The molecule has 0 bridgehead atoms. The highest BCUT2D eigenvalue weighted by Crippen LogP contribution is 2.29. The molecule has 1 aliphatic heterocycles. The van der Waals surface area contributed by atoms with Gasteiger partial charge in [-0.3, -0.25) is 14.3 Å². The van der Waals surface area contributed by atoms with E-state index in [0.29, 0.717) is 18.5 Å². The molecule has 96 valence electrons. The standard InChI is InChI=1S/C12H13N3O2.ClH/c13-6-7-4-5-15-10-8(7)2-1-3-9(10)11(16)14-12(15)17;/h1-3,7H,4-6,13H2,(H,14,16,17);1H. The molecule has 0 radical (unpaired) electrons. The molecule has 1 aromatic heterocycles. The lowest BCUT2D eigenvalue weighted by molar-refractivity contribution is 0.521. The van der Waals surface area contributed by atoms with Crippen molar-refractivity contribution in [3.63, 3.8) is 0 Å². The number of aromatic nitrogens is 2. The van der Waals surface area contributed by atoms with Gasteiger partial charge < -0.3 is 5.73 Å². The number of nitrogens with one attached hydrogen (secondary N) is 1. The van der Waals surface area contributed by atoms with Crippen molar-refractivity contribution in [2.75, 3.05) is 6.54 Å². The van der Waals surface area contributed by atoms with E-state index in [4.69, 9.17) is 5.73 Å². The average molecular weight is 268 g/mol. The number of H-pyrrole nitrogens is 1. The third-order valence-electron chi connectivity index (χ3n) is 3.47. The largest absolute Gasteiger partial charge is 0.330 e. The van der Waals surface area contributed by atoms with Gasteiger partial charge in [0.15, 0.2) is 0 Å². The van der Waals surface area contributed by atoms with Gasteiger partial charge in [-0.05, 0) is 30.5 Å². The van der Waals surface area contributed by atoms with E-state index in [2.05, 4.69) is 4.98 Å². The Morgan fingerprint density at radius 2 is 2.17 bits per heavy atom. The van der Waals surface area contributed by atoms with E-state index >= 15 is 0 Å². The van der Waals surface area contributed by atoms with Gasteiger partial charge in [-0.25, -0.2) is 4.79 Å². The summed E-state index contributed by atoms with van der Waals surface area (Å²) in [7, 11) is 0. The number of hydrogen-bond acceptors (Lipinski definition) is 3. The van der Waals surface area contributed by atoms with E-state index in [1.165, 1.54) is 0 Å². The molecule has 0 amide bonds. The molecule has 1 aromatic carbocycles. The lowest BCUT2D eigenvalue weighted by atomic mass is 9.91. The van der Waals surface area contributed by atoms with E-state index in [9.17, 15) is 9.59 Å². The van der Waals surface area contributed by atoms with Crippen molar-refractivity contribution in [2.24, 2.45) is 5.73 Å². The highest BCUT2D eigenvalue weighted by Gasteiger charge is 2.22. The summed E-state index contributed by atoms with van der Waals surface area (Å²) in [5.41, 5.74) is 6.86. The van der Waals surface area contributed by atoms with Crippen molar-refractivity contribution >= 4 is 23.3 Å². The first kappa shape index (κ1) is 12.9. The average Bonchev–Trinajstić information content (AvgIpc) is 2.35. The van der Waals surface area contributed by atoms with Gasteiger partial charge in [-0.15, -0.1) is 12.4 Å². The van der Waals surface area contributed by atoms with Crippen LogP contribution in [0.2, 0.25) is 0 Å². The van der Waals surface area contributed by atoms with Crippen LogP contribution in [-0.4, -0.2) is 16.1 Å². The zero-order valence-corrected chi connectivity index (χ0v) is 10.5. The lowest BCUT2D eigenvalue weighted by Crippen LogP contribution is -2.34. The van der Waals surface area contributed by atoms with Gasteiger partial charge in [0.2, 0.25) is 0 Å². The molecule has 1 unspecified atom stereocenters. The summed E-state index contributed by atoms with van der Waals surface area (Å²) < 4.78 is 1.64. The number of halogens is 1. The summed E-state index contributed by atoms with van der Waals surface area (Å²) in [5.74, 6) is 0.236. The van der Waals surface area contributed by atoms with Crippen LogP contribution < -0.4 is 17.0 Å². The number of nitrogens with two attached hydrogens (primary N) is 1. The number of hydrogen-bond donors (Lipinski definition) is 2. The molecular weight excluding hydrogens is 254 g/mol. The Labute approximate surface area is 109 Å². The van der Waals surface area contributed by atoms with Crippen molar-refractivity contribution in [2.45, 2.75) is 18.9 Å². The molecule has 18 heavy (non-hydrogen) atoms. The molecule has 3 rings (SSSR count). The van der Waals surface area contributed by atoms with Crippen LogP contribution in [0.25, 0.3) is 10.9 Å². The zero-order chi connectivity index (χ0) is 12.0. The van der Waals surface area contributed by atoms with Gasteiger partial charge in [-0.2, -0.15) is 0 Å². The normalized spacial score (nSPS) is 17.5. The van der Waals surface area contributed by atoms with Crippen LogP contribution in [-0.2, 0) is 6.54 Å². The molecule has 1 aliphatic rings.